The average Bonchev–Trinajstić information content (AvgIpc) is 3.26. The second-order valence-corrected chi connectivity index (χ2v) is 9.01. The highest BCUT2D eigenvalue weighted by molar-refractivity contribution is 6.07. The second-order valence-electron chi connectivity index (χ2n) is 9.01. The van der Waals surface area contributed by atoms with Crippen LogP contribution in [-0.2, 0) is 13.1 Å². The number of aromatic nitrogens is 4. The van der Waals surface area contributed by atoms with Crippen molar-refractivity contribution in [2.45, 2.75) is 40.8 Å². The highest BCUT2D eigenvalue weighted by atomic mass is 16.3. The van der Waals surface area contributed by atoms with Gasteiger partial charge in [0.15, 0.2) is 0 Å². The number of benzene rings is 1. The molecule has 0 saturated heterocycles. The number of nitrogens with one attached hydrogen (secondary N) is 2. The lowest BCUT2D eigenvalue weighted by Crippen LogP contribution is -2.30. The Bertz CT molecular complexity index is 1410. The summed E-state index contributed by atoms with van der Waals surface area (Å²) in [7, 11) is 1.92. The number of amides is 1. The van der Waals surface area contributed by atoms with Gasteiger partial charge >= 0.3 is 0 Å². The minimum Gasteiger partial charge on any atom is -0.508 e. The number of likely N-dealkylation sites (N-methyl/N-ethyl adjacent to an activating group) is 1. The lowest BCUT2D eigenvalue weighted by atomic mass is 10.0. The van der Waals surface area contributed by atoms with E-state index < -0.39 is 0 Å². The van der Waals surface area contributed by atoms with Crippen LogP contribution in [0.15, 0.2) is 42.6 Å². The van der Waals surface area contributed by atoms with Gasteiger partial charge in [-0.1, -0.05) is 0 Å². The predicted octanol–water partition coefficient (Wildman–Crippen LogP) is 4.13. The molecule has 0 aliphatic heterocycles. The van der Waals surface area contributed by atoms with Crippen molar-refractivity contribution in [1.82, 2.24) is 30.0 Å². The van der Waals surface area contributed by atoms with Crippen molar-refractivity contribution in [2.75, 3.05) is 32.0 Å². The van der Waals surface area contributed by atoms with Gasteiger partial charge in [-0.05, 0) is 71.1 Å². The molecule has 0 unspecified atom stereocenters. The summed E-state index contributed by atoms with van der Waals surface area (Å²) >= 11 is 0. The molecule has 0 spiro atoms. The molecular weight excluding hydrogens is 466 g/mol. The normalized spacial score (nSPS) is 11.2. The highest BCUT2D eigenvalue weighted by Gasteiger charge is 2.22. The Morgan fingerprint density at radius 2 is 1.86 bits per heavy atom. The molecule has 0 radical (unpaired) electrons. The van der Waals surface area contributed by atoms with Crippen LogP contribution in [0.2, 0.25) is 0 Å². The molecule has 3 N–H and O–H groups in total. The quantitative estimate of drug-likeness (QED) is 0.280. The van der Waals surface area contributed by atoms with Gasteiger partial charge < -0.3 is 20.6 Å². The molecule has 4 rings (SSSR count). The Morgan fingerprint density at radius 1 is 1.05 bits per heavy atom. The van der Waals surface area contributed by atoms with E-state index in [1.165, 1.54) is 0 Å². The number of phenolic OH excluding ortho intramolecular Hbond substituents is 1. The molecule has 194 valence electrons. The zero-order chi connectivity index (χ0) is 26.5. The first-order valence-corrected chi connectivity index (χ1v) is 12.7. The molecule has 0 saturated carbocycles. The molecule has 1 aromatic carbocycles. The molecule has 0 atom stereocenters. The summed E-state index contributed by atoms with van der Waals surface area (Å²) in [6.07, 6.45) is 1.83. The predicted molar refractivity (Wildman–Crippen MR) is 147 cm³/mol. The van der Waals surface area contributed by atoms with Gasteiger partial charge in [0.1, 0.15) is 5.75 Å². The smallest absolute Gasteiger partial charge is 0.254 e. The number of pyridine rings is 2. The number of aromatic hydroxyl groups is 1. The largest absolute Gasteiger partial charge is 0.508 e. The number of hydrogen-bond acceptors (Lipinski definition) is 7. The number of carbonyl (C=O) groups is 1. The fourth-order valence-corrected chi connectivity index (χ4v) is 4.40. The second kappa shape index (κ2) is 11.4. The Kier molecular flexibility index (Phi) is 8.03. The molecule has 1 amide bonds. The number of anilines is 1. The molecule has 37 heavy (non-hydrogen) atoms. The number of fused-ring (bicyclic) bond motifs is 1. The molecule has 3 heterocycles. The number of hydrogen-bond donors (Lipinski definition) is 3. The third kappa shape index (κ3) is 5.56. The zero-order valence-corrected chi connectivity index (χ0v) is 22.2. The van der Waals surface area contributed by atoms with Crippen molar-refractivity contribution < 1.29 is 9.90 Å². The summed E-state index contributed by atoms with van der Waals surface area (Å²) in [4.78, 5) is 25.2. The lowest BCUT2D eigenvalue weighted by molar-refractivity contribution is 0.0754. The molecule has 0 fully saturated rings. The maximum atomic E-state index is 13.9. The van der Waals surface area contributed by atoms with Crippen molar-refractivity contribution in [3.05, 3.63) is 65.1 Å². The van der Waals surface area contributed by atoms with Crippen LogP contribution in [0.3, 0.4) is 0 Å². The van der Waals surface area contributed by atoms with E-state index in [2.05, 4.69) is 15.7 Å². The van der Waals surface area contributed by atoms with Crippen LogP contribution in [0.4, 0.5) is 5.69 Å². The van der Waals surface area contributed by atoms with Crippen molar-refractivity contribution in [3.8, 4) is 17.1 Å². The van der Waals surface area contributed by atoms with E-state index in [0.29, 0.717) is 40.9 Å². The van der Waals surface area contributed by atoms with E-state index in [1.54, 1.807) is 29.2 Å². The SMILES string of the molecule is CCN(Cc1cnn(CC)c1C)C(=O)c1cc(-c2ccc(NCCNC)c(C)n2)nc2ccc(O)cc12. The molecule has 4 aromatic rings. The van der Waals surface area contributed by atoms with Crippen LogP contribution in [0.5, 0.6) is 5.75 Å². The summed E-state index contributed by atoms with van der Waals surface area (Å²) in [5.74, 6) is -0.0438. The van der Waals surface area contributed by atoms with E-state index in [9.17, 15) is 9.90 Å². The van der Waals surface area contributed by atoms with Crippen LogP contribution in [0.25, 0.3) is 22.3 Å². The first-order valence-electron chi connectivity index (χ1n) is 12.7. The van der Waals surface area contributed by atoms with Gasteiger partial charge in [0.25, 0.3) is 5.91 Å². The van der Waals surface area contributed by atoms with Gasteiger partial charge in [-0.25, -0.2) is 9.97 Å². The van der Waals surface area contributed by atoms with Gasteiger partial charge in [-0.3, -0.25) is 9.48 Å². The number of aryl methyl sites for hydroxylation is 2. The third-order valence-corrected chi connectivity index (χ3v) is 6.60. The van der Waals surface area contributed by atoms with Crippen LogP contribution < -0.4 is 10.6 Å². The van der Waals surface area contributed by atoms with E-state index in [0.717, 1.165) is 42.3 Å². The van der Waals surface area contributed by atoms with E-state index in [1.807, 2.05) is 57.8 Å². The molecule has 0 aliphatic carbocycles. The molecule has 3 aromatic heterocycles. The first kappa shape index (κ1) is 26.1. The Hall–Kier alpha value is -3.98. The fourth-order valence-electron chi connectivity index (χ4n) is 4.40. The molecule has 9 nitrogen and oxygen atoms in total. The standard InChI is InChI=1S/C28H35N7O2/c1-6-34(17-20-16-31-35(7-2)19(20)4)28(37)23-15-27(33-25-9-8-21(36)14-22(23)25)26-11-10-24(18(3)32-26)30-13-12-29-5/h8-11,14-16,29-30,36H,6-7,12-13,17H2,1-5H3. The molecule has 9 heteroatoms. The van der Waals surface area contributed by atoms with E-state index in [-0.39, 0.29) is 11.7 Å². The fraction of sp³-hybridized carbons (Fsp3) is 0.357. The minimum absolute atomic E-state index is 0.0881. The molecule has 0 aliphatic rings. The lowest BCUT2D eigenvalue weighted by Gasteiger charge is -2.22. The maximum absolute atomic E-state index is 13.9. The first-order chi connectivity index (χ1) is 17.9. The van der Waals surface area contributed by atoms with Gasteiger partial charge in [-0.15, -0.1) is 0 Å². The minimum atomic E-state index is -0.132. The Labute approximate surface area is 217 Å². The van der Waals surface area contributed by atoms with Crippen molar-refractivity contribution in [3.63, 3.8) is 0 Å². The summed E-state index contributed by atoms with van der Waals surface area (Å²) in [5.41, 5.74) is 6.27. The highest BCUT2D eigenvalue weighted by Crippen LogP contribution is 2.29. The summed E-state index contributed by atoms with van der Waals surface area (Å²) in [5, 5.41) is 21.7. The van der Waals surface area contributed by atoms with Gasteiger partial charge in [0, 0.05) is 49.4 Å². The molecule has 0 bridgehead atoms. The number of rotatable bonds is 10. The molecular formula is C28H35N7O2. The number of nitrogens with zero attached hydrogens (tertiary/aromatic N) is 5. The van der Waals surface area contributed by atoms with Crippen LogP contribution in [0.1, 0.15) is 41.2 Å². The third-order valence-electron chi connectivity index (χ3n) is 6.60. The van der Waals surface area contributed by atoms with Gasteiger partial charge in [0.05, 0.1) is 40.0 Å². The van der Waals surface area contributed by atoms with Crippen molar-refractivity contribution in [2.24, 2.45) is 0 Å². The van der Waals surface area contributed by atoms with Gasteiger partial charge in [0.2, 0.25) is 0 Å². The van der Waals surface area contributed by atoms with Crippen LogP contribution in [0, 0.1) is 13.8 Å². The van der Waals surface area contributed by atoms with Gasteiger partial charge in [-0.2, -0.15) is 5.10 Å². The maximum Gasteiger partial charge on any atom is 0.254 e. The topological polar surface area (TPSA) is 108 Å². The number of carbonyl (C=O) groups excluding carboxylic acids is 1. The summed E-state index contributed by atoms with van der Waals surface area (Å²) in [6, 6.07) is 10.6. The Balaban J connectivity index is 1.73. The van der Waals surface area contributed by atoms with Crippen molar-refractivity contribution in [1.29, 1.82) is 0 Å². The summed E-state index contributed by atoms with van der Waals surface area (Å²) < 4.78 is 1.93. The van der Waals surface area contributed by atoms with Crippen molar-refractivity contribution >= 4 is 22.5 Å². The zero-order valence-electron chi connectivity index (χ0n) is 22.2. The van der Waals surface area contributed by atoms with Crippen LogP contribution in [-0.4, -0.2) is 62.3 Å². The number of phenols is 1. The Morgan fingerprint density at radius 3 is 2.54 bits per heavy atom. The van der Waals surface area contributed by atoms with Crippen LogP contribution >= 0.6 is 0 Å². The van der Waals surface area contributed by atoms with E-state index in [4.69, 9.17) is 9.97 Å². The average molecular weight is 502 g/mol. The summed E-state index contributed by atoms with van der Waals surface area (Å²) in [6.45, 7) is 11.4. The van der Waals surface area contributed by atoms with E-state index >= 15 is 0 Å². The monoisotopic (exact) mass is 501 g/mol.